The van der Waals surface area contributed by atoms with E-state index in [1.807, 2.05) is 0 Å². The quantitative estimate of drug-likeness (QED) is 0.310. The van der Waals surface area contributed by atoms with Gasteiger partial charge in [0, 0.05) is 6.07 Å². The number of amides is 2. The Morgan fingerprint density at radius 3 is 2.45 bits per heavy atom. The molecule has 0 saturated heterocycles. The summed E-state index contributed by atoms with van der Waals surface area (Å²) in [4.78, 5) is 24.3. The number of hydrogen-bond acceptors (Lipinski definition) is 6. The van der Waals surface area contributed by atoms with Crippen LogP contribution in [0.15, 0.2) is 71.8 Å². The van der Waals surface area contributed by atoms with E-state index in [1.165, 1.54) is 38.6 Å². The largest absolute Gasteiger partial charge is 0.497 e. The maximum Gasteiger partial charge on any atom is 0.329 e. The van der Waals surface area contributed by atoms with Crippen LogP contribution in [0.3, 0.4) is 0 Å². The van der Waals surface area contributed by atoms with Crippen molar-refractivity contribution in [2.75, 3.05) is 19.5 Å². The number of rotatable bonds is 8. The molecule has 0 fully saturated rings. The van der Waals surface area contributed by atoms with Crippen LogP contribution in [-0.4, -0.2) is 32.2 Å². The number of hydrogen-bond donors (Lipinski definition) is 2. The molecule has 170 valence electrons. The number of nitrogens with one attached hydrogen (secondary N) is 2. The molecule has 0 radical (unpaired) electrons. The minimum atomic E-state index is -0.958. The van der Waals surface area contributed by atoms with Crippen LogP contribution >= 0.6 is 0 Å². The van der Waals surface area contributed by atoms with Crippen LogP contribution in [0, 0.1) is 5.82 Å². The van der Waals surface area contributed by atoms with Gasteiger partial charge in [-0.2, -0.15) is 5.10 Å². The first-order valence-electron chi connectivity index (χ1n) is 9.82. The van der Waals surface area contributed by atoms with Crippen LogP contribution in [0.1, 0.15) is 11.1 Å². The van der Waals surface area contributed by atoms with Gasteiger partial charge in [-0.1, -0.05) is 24.3 Å². The smallest absolute Gasteiger partial charge is 0.329 e. The molecule has 2 N–H and O–H groups in total. The standard InChI is InChI=1S/C24H22FN3O5/c1-31-19-10-11-22(32-2)21(13-19)27-23(29)24(30)28-26-14-17-4-3-5-20(12-17)33-15-16-6-8-18(25)9-7-16/h3-14H,15H2,1-2H3,(H,27,29)(H,28,30)/b26-14+. The number of halogens is 1. The molecule has 0 saturated carbocycles. The summed E-state index contributed by atoms with van der Waals surface area (Å²) < 4.78 is 28.9. The molecule has 0 bridgehead atoms. The van der Waals surface area contributed by atoms with Gasteiger partial charge in [0.05, 0.1) is 26.1 Å². The summed E-state index contributed by atoms with van der Waals surface area (Å²) in [5, 5.41) is 6.27. The number of ether oxygens (including phenoxy) is 3. The summed E-state index contributed by atoms with van der Waals surface area (Å²) in [7, 11) is 2.93. The van der Waals surface area contributed by atoms with Crippen LogP contribution in [0.5, 0.6) is 17.2 Å². The molecule has 0 atom stereocenters. The highest BCUT2D eigenvalue weighted by atomic mass is 19.1. The molecule has 0 unspecified atom stereocenters. The van der Waals surface area contributed by atoms with Gasteiger partial charge in [-0.05, 0) is 47.5 Å². The van der Waals surface area contributed by atoms with Crippen molar-refractivity contribution in [2.45, 2.75) is 6.61 Å². The van der Waals surface area contributed by atoms with E-state index in [2.05, 4.69) is 15.8 Å². The Labute approximate surface area is 190 Å². The average molecular weight is 451 g/mol. The van der Waals surface area contributed by atoms with Gasteiger partial charge < -0.3 is 19.5 Å². The highest BCUT2D eigenvalue weighted by Gasteiger charge is 2.16. The first-order chi connectivity index (χ1) is 16.0. The summed E-state index contributed by atoms with van der Waals surface area (Å²) in [6, 6.07) is 17.8. The van der Waals surface area contributed by atoms with E-state index in [0.717, 1.165) is 5.56 Å². The van der Waals surface area contributed by atoms with E-state index >= 15 is 0 Å². The summed E-state index contributed by atoms with van der Waals surface area (Å²) in [5.74, 6) is -0.758. The van der Waals surface area contributed by atoms with Crippen LogP contribution in [0.2, 0.25) is 0 Å². The van der Waals surface area contributed by atoms with E-state index in [9.17, 15) is 14.0 Å². The molecule has 8 nitrogen and oxygen atoms in total. The number of carbonyl (C=O) groups excluding carboxylic acids is 2. The fourth-order valence-electron chi connectivity index (χ4n) is 2.74. The molecular formula is C24H22FN3O5. The topological polar surface area (TPSA) is 98.2 Å². The number of benzene rings is 3. The molecule has 0 aliphatic rings. The van der Waals surface area contributed by atoms with E-state index in [-0.39, 0.29) is 18.1 Å². The number of carbonyl (C=O) groups is 2. The minimum Gasteiger partial charge on any atom is -0.497 e. The molecule has 9 heteroatoms. The van der Waals surface area contributed by atoms with Crippen molar-refractivity contribution in [3.05, 3.63) is 83.7 Å². The van der Waals surface area contributed by atoms with Crippen molar-refractivity contribution in [1.82, 2.24) is 5.43 Å². The normalized spacial score (nSPS) is 10.5. The van der Waals surface area contributed by atoms with Crippen molar-refractivity contribution in [3.63, 3.8) is 0 Å². The zero-order valence-corrected chi connectivity index (χ0v) is 18.0. The van der Waals surface area contributed by atoms with E-state index < -0.39 is 11.8 Å². The van der Waals surface area contributed by atoms with Gasteiger partial charge in [-0.3, -0.25) is 9.59 Å². The van der Waals surface area contributed by atoms with Gasteiger partial charge in [-0.15, -0.1) is 0 Å². The van der Waals surface area contributed by atoms with Gasteiger partial charge >= 0.3 is 11.8 Å². The maximum atomic E-state index is 13.0. The summed E-state index contributed by atoms with van der Waals surface area (Å²) in [5.41, 5.74) is 3.92. The molecule has 3 rings (SSSR count). The second-order valence-electron chi connectivity index (χ2n) is 6.71. The monoisotopic (exact) mass is 451 g/mol. The van der Waals surface area contributed by atoms with E-state index in [0.29, 0.717) is 22.8 Å². The van der Waals surface area contributed by atoms with Crippen molar-refractivity contribution in [3.8, 4) is 17.2 Å². The zero-order valence-electron chi connectivity index (χ0n) is 18.0. The Kier molecular flexibility index (Phi) is 7.96. The lowest BCUT2D eigenvalue weighted by atomic mass is 10.2. The highest BCUT2D eigenvalue weighted by Crippen LogP contribution is 2.28. The molecular weight excluding hydrogens is 429 g/mol. The van der Waals surface area contributed by atoms with Crippen LogP contribution < -0.4 is 25.0 Å². The lowest BCUT2D eigenvalue weighted by Crippen LogP contribution is -2.32. The molecule has 3 aromatic carbocycles. The second kappa shape index (κ2) is 11.3. The summed E-state index contributed by atoms with van der Waals surface area (Å²) in [6.45, 7) is 0.269. The van der Waals surface area contributed by atoms with Gasteiger partial charge in [0.1, 0.15) is 29.7 Å². The highest BCUT2D eigenvalue weighted by molar-refractivity contribution is 6.39. The molecule has 0 aromatic heterocycles. The van der Waals surface area contributed by atoms with Gasteiger partial charge in [0.15, 0.2) is 0 Å². The van der Waals surface area contributed by atoms with Crippen molar-refractivity contribution < 1.29 is 28.2 Å². The first kappa shape index (κ1) is 23.3. The Morgan fingerprint density at radius 2 is 1.73 bits per heavy atom. The third kappa shape index (κ3) is 6.79. The van der Waals surface area contributed by atoms with E-state index in [1.54, 1.807) is 48.5 Å². The minimum absolute atomic E-state index is 0.269. The fraction of sp³-hybridized carbons (Fsp3) is 0.125. The predicted octanol–water partition coefficient (Wildman–Crippen LogP) is 3.51. The number of hydrazone groups is 1. The SMILES string of the molecule is COc1ccc(OC)c(NC(=O)C(=O)N/N=C/c2cccc(OCc3ccc(F)cc3)c2)c1. The molecule has 0 aliphatic heterocycles. The van der Waals surface area contributed by atoms with Crippen LogP contribution in [0.4, 0.5) is 10.1 Å². The molecule has 0 heterocycles. The lowest BCUT2D eigenvalue weighted by Gasteiger charge is -2.11. The second-order valence-corrected chi connectivity index (χ2v) is 6.71. The van der Waals surface area contributed by atoms with Gasteiger partial charge in [0.25, 0.3) is 0 Å². The van der Waals surface area contributed by atoms with Crippen LogP contribution in [0.25, 0.3) is 0 Å². The Morgan fingerprint density at radius 1 is 0.939 bits per heavy atom. The molecule has 2 amide bonds. The summed E-state index contributed by atoms with van der Waals surface area (Å²) in [6.07, 6.45) is 1.38. The van der Waals surface area contributed by atoms with Crippen molar-refractivity contribution in [2.24, 2.45) is 5.10 Å². The molecule has 0 aliphatic carbocycles. The Hall–Kier alpha value is -4.40. The van der Waals surface area contributed by atoms with Gasteiger partial charge in [0.2, 0.25) is 0 Å². The molecule has 33 heavy (non-hydrogen) atoms. The maximum absolute atomic E-state index is 13.0. The molecule has 0 spiro atoms. The first-order valence-corrected chi connectivity index (χ1v) is 9.82. The third-order valence-electron chi connectivity index (χ3n) is 4.42. The van der Waals surface area contributed by atoms with E-state index in [4.69, 9.17) is 14.2 Å². The van der Waals surface area contributed by atoms with Crippen LogP contribution in [-0.2, 0) is 16.2 Å². The molecule has 3 aromatic rings. The Bertz CT molecular complexity index is 1150. The number of nitrogens with zero attached hydrogens (tertiary/aromatic N) is 1. The Balaban J connectivity index is 1.55. The zero-order chi connectivity index (χ0) is 23.6. The van der Waals surface area contributed by atoms with Crippen molar-refractivity contribution in [1.29, 1.82) is 0 Å². The summed E-state index contributed by atoms with van der Waals surface area (Å²) >= 11 is 0. The van der Waals surface area contributed by atoms with Crippen molar-refractivity contribution >= 4 is 23.7 Å². The average Bonchev–Trinajstić information content (AvgIpc) is 2.83. The third-order valence-corrected chi connectivity index (χ3v) is 4.42. The lowest BCUT2D eigenvalue weighted by molar-refractivity contribution is -0.136. The van der Waals surface area contributed by atoms with Gasteiger partial charge in [-0.25, -0.2) is 9.82 Å². The number of methoxy groups -OCH3 is 2. The fourth-order valence-corrected chi connectivity index (χ4v) is 2.74. The number of anilines is 1. The predicted molar refractivity (Wildman–Crippen MR) is 121 cm³/mol.